The minimum atomic E-state index is 0.724. The molecule has 2 N–H and O–H groups in total. The molecule has 0 amide bonds. The van der Waals surface area contributed by atoms with Crippen molar-refractivity contribution in [1.29, 1.82) is 0 Å². The number of hydrogen-bond donors (Lipinski definition) is 1. The van der Waals surface area contributed by atoms with E-state index in [-0.39, 0.29) is 0 Å². The lowest BCUT2D eigenvalue weighted by Gasteiger charge is -1.99. The average Bonchev–Trinajstić information content (AvgIpc) is 2.62. The molecular formula is C10H12N2O. The summed E-state index contributed by atoms with van der Waals surface area (Å²) in [5.74, 6) is 0. The summed E-state index contributed by atoms with van der Waals surface area (Å²) in [5.41, 5.74) is 7.58. The van der Waals surface area contributed by atoms with E-state index < -0.39 is 0 Å². The van der Waals surface area contributed by atoms with Gasteiger partial charge in [-0.2, -0.15) is 0 Å². The third kappa shape index (κ3) is 1.55. The molecule has 0 atom stereocenters. The highest BCUT2D eigenvalue weighted by Gasteiger charge is 2.02. The van der Waals surface area contributed by atoms with Crippen molar-refractivity contribution in [3.63, 3.8) is 0 Å². The van der Waals surface area contributed by atoms with Crippen LogP contribution in [-0.4, -0.2) is 11.7 Å². The van der Waals surface area contributed by atoms with E-state index in [4.69, 9.17) is 10.3 Å². The van der Waals surface area contributed by atoms with Crippen LogP contribution in [0, 0.1) is 0 Å². The van der Waals surface area contributed by atoms with E-state index in [1.54, 1.807) is 6.20 Å². The molecule has 0 aliphatic heterocycles. The molecule has 3 heteroatoms. The summed E-state index contributed by atoms with van der Waals surface area (Å²) < 4.78 is 5.06. The van der Waals surface area contributed by atoms with Crippen LogP contribution in [0.3, 0.4) is 0 Å². The van der Waals surface area contributed by atoms with Gasteiger partial charge in [-0.25, -0.2) is 0 Å². The highest BCUT2D eigenvalue weighted by molar-refractivity contribution is 5.79. The Kier molecular flexibility index (Phi) is 2.27. The lowest BCUT2D eigenvalue weighted by atomic mass is 10.1. The summed E-state index contributed by atoms with van der Waals surface area (Å²) in [6.07, 6.45) is 3.76. The topological polar surface area (TPSA) is 52.0 Å². The minimum Gasteiger partial charge on any atom is -0.356 e. The van der Waals surface area contributed by atoms with Crippen molar-refractivity contribution in [2.75, 3.05) is 6.54 Å². The second kappa shape index (κ2) is 3.58. The van der Waals surface area contributed by atoms with Crippen LogP contribution < -0.4 is 5.73 Å². The molecule has 0 aliphatic carbocycles. The van der Waals surface area contributed by atoms with E-state index in [9.17, 15) is 0 Å². The molecule has 0 unspecified atom stereocenters. The van der Waals surface area contributed by atoms with Gasteiger partial charge in [-0.1, -0.05) is 17.3 Å². The van der Waals surface area contributed by atoms with Crippen LogP contribution in [0.15, 0.2) is 28.9 Å². The number of fused-ring (bicyclic) bond motifs is 1. The van der Waals surface area contributed by atoms with E-state index in [2.05, 4.69) is 11.2 Å². The van der Waals surface area contributed by atoms with Crippen LogP contribution in [-0.2, 0) is 6.42 Å². The molecule has 1 heterocycles. The van der Waals surface area contributed by atoms with E-state index in [0.717, 1.165) is 30.4 Å². The molecule has 0 aliphatic rings. The molecule has 68 valence electrons. The van der Waals surface area contributed by atoms with Crippen molar-refractivity contribution in [2.24, 2.45) is 5.73 Å². The van der Waals surface area contributed by atoms with Crippen molar-refractivity contribution in [2.45, 2.75) is 12.8 Å². The molecule has 0 bridgehead atoms. The fourth-order valence-corrected chi connectivity index (χ4v) is 1.46. The van der Waals surface area contributed by atoms with E-state index in [0.29, 0.717) is 0 Å². The Hall–Kier alpha value is -1.35. The molecule has 2 aromatic rings. The lowest BCUT2D eigenvalue weighted by molar-refractivity contribution is 0.456. The van der Waals surface area contributed by atoms with Crippen molar-refractivity contribution < 1.29 is 4.52 Å². The zero-order valence-corrected chi connectivity index (χ0v) is 7.36. The standard InChI is InChI=1S/C10H12N2O/c11-6-2-4-8-3-1-5-10-9(8)7-12-13-10/h1,3,5,7H,2,4,6,11H2. The second-order valence-corrected chi connectivity index (χ2v) is 3.05. The van der Waals surface area contributed by atoms with Gasteiger partial charge in [0.25, 0.3) is 0 Å². The van der Waals surface area contributed by atoms with Crippen LogP contribution in [0.2, 0.25) is 0 Å². The van der Waals surface area contributed by atoms with Crippen LogP contribution in [0.1, 0.15) is 12.0 Å². The Morgan fingerprint density at radius 1 is 1.38 bits per heavy atom. The molecule has 1 aromatic carbocycles. The number of rotatable bonds is 3. The summed E-state index contributed by atoms with van der Waals surface area (Å²) in [4.78, 5) is 0. The monoisotopic (exact) mass is 176 g/mol. The Morgan fingerprint density at radius 3 is 3.15 bits per heavy atom. The fourth-order valence-electron chi connectivity index (χ4n) is 1.46. The number of nitrogens with zero attached hydrogens (tertiary/aromatic N) is 1. The van der Waals surface area contributed by atoms with Gasteiger partial charge in [0, 0.05) is 5.39 Å². The smallest absolute Gasteiger partial charge is 0.167 e. The van der Waals surface area contributed by atoms with Gasteiger partial charge >= 0.3 is 0 Å². The summed E-state index contributed by atoms with van der Waals surface area (Å²) in [6.45, 7) is 0.724. The van der Waals surface area contributed by atoms with Gasteiger partial charge in [0.2, 0.25) is 0 Å². The number of nitrogens with two attached hydrogens (primary N) is 1. The summed E-state index contributed by atoms with van der Waals surface area (Å²) in [7, 11) is 0. The maximum Gasteiger partial charge on any atom is 0.167 e. The highest BCUT2D eigenvalue weighted by atomic mass is 16.5. The molecule has 0 spiro atoms. The Labute approximate surface area is 76.5 Å². The van der Waals surface area contributed by atoms with Gasteiger partial charge in [-0.15, -0.1) is 0 Å². The molecule has 13 heavy (non-hydrogen) atoms. The van der Waals surface area contributed by atoms with Crippen LogP contribution in [0.4, 0.5) is 0 Å². The highest BCUT2D eigenvalue weighted by Crippen LogP contribution is 2.18. The zero-order valence-electron chi connectivity index (χ0n) is 7.36. The molecular weight excluding hydrogens is 164 g/mol. The van der Waals surface area contributed by atoms with E-state index in [1.165, 1.54) is 5.56 Å². The molecule has 0 saturated heterocycles. The third-order valence-corrected chi connectivity index (χ3v) is 2.14. The Bertz CT molecular complexity index is 394. The van der Waals surface area contributed by atoms with Crippen molar-refractivity contribution in [3.8, 4) is 0 Å². The molecule has 0 saturated carbocycles. The SMILES string of the molecule is NCCCc1cccc2oncc12. The van der Waals surface area contributed by atoms with E-state index >= 15 is 0 Å². The summed E-state index contributed by atoms with van der Waals surface area (Å²) >= 11 is 0. The number of aromatic nitrogens is 1. The third-order valence-electron chi connectivity index (χ3n) is 2.14. The van der Waals surface area contributed by atoms with E-state index in [1.807, 2.05) is 12.1 Å². The molecule has 0 radical (unpaired) electrons. The van der Waals surface area contributed by atoms with Crippen molar-refractivity contribution >= 4 is 11.0 Å². The first-order chi connectivity index (χ1) is 6.42. The fraction of sp³-hybridized carbons (Fsp3) is 0.300. The Balaban J connectivity index is 2.37. The molecule has 2 rings (SSSR count). The minimum absolute atomic E-state index is 0.724. The van der Waals surface area contributed by atoms with Gasteiger partial charge in [-0.05, 0) is 31.0 Å². The average molecular weight is 176 g/mol. The van der Waals surface area contributed by atoms with Crippen molar-refractivity contribution in [1.82, 2.24) is 5.16 Å². The maximum atomic E-state index is 5.46. The van der Waals surface area contributed by atoms with Gasteiger partial charge < -0.3 is 10.3 Å². The number of benzene rings is 1. The van der Waals surface area contributed by atoms with Crippen LogP contribution >= 0.6 is 0 Å². The van der Waals surface area contributed by atoms with Gasteiger partial charge in [0.05, 0.1) is 6.20 Å². The predicted octanol–water partition coefficient (Wildman–Crippen LogP) is 1.72. The normalized spacial score (nSPS) is 10.8. The van der Waals surface area contributed by atoms with Crippen LogP contribution in [0.25, 0.3) is 11.0 Å². The first kappa shape index (κ1) is 8.26. The van der Waals surface area contributed by atoms with Crippen molar-refractivity contribution in [3.05, 3.63) is 30.0 Å². The largest absolute Gasteiger partial charge is 0.356 e. The van der Waals surface area contributed by atoms with Gasteiger partial charge in [-0.3, -0.25) is 0 Å². The first-order valence-corrected chi connectivity index (χ1v) is 4.44. The predicted molar refractivity (Wildman–Crippen MR) is 51.4 cm³/mol. The molecule has 1 aromatic heterocycles. The summed E-state index contributed by atoms with van der Waals surface area (Å²) in [5, 5.41) is 4.87. The number of aryl methyl sites for hydroxylation is 1. The first-order valence-electron chi connectivity index (χ1n) is 4.44. The quantitative estimate of drug-likeness (QED) is 0.774. The zero-order chi connectivity index (χ0) is 9.10. The van der Waals surface area contributed by atoms with Crippen LogP contribution in [0.5, 0.6) is 0 Å². The maximum absolute atomic E-state index is 5.46. The lowest BCUT2D eigenvalue weighted by Crippen LogP contribution is -2.00. The summed E-state index contributed by atoms with van der Waals surface area (Å²) in [6, 6.07) is 6.00. The molecule has 0 fully saturated rings. The number of hydrogen-bond acceptors (Lipinski definition) is 3. The van der Waals surface area contributed by atoms with Gasteiger partial charge in [0.1, 0.15) is 0 Å². The molecule has 3 nitrogen and oxygen atoms in total. The second-order valence-electron chi connectivity index (χ2n) is 3.05. The Morgan fingerprint density at radius 2 is 2.31 bits per heavy atom. The van der Waals surface area contributed by atoms with Gasteiger partial charge in [0.15, 0.2) is 5.58 Å².